The summed E-state index contributed by atoms with van der Waals surface area (Å²) >= 11 is 0. The number of aromatic nitrogens is 2. The van der Waals surface area contributed by atoms with E-state index in [0.29, 0.717) is 0 Å². The SMILES string of the molecule is Cc1ncc(-c2ccc3c(c2)CCO3)[nH]1. The van der Waals surface area contributed by atoms with E-state index in [4.69, 9.17) is 4.74 Å². The van der Waals surface area contributed by atoms with Gasteiger partial charge in [-0.2, -0.15) is 0 Å². The number of nitrogens with one attached hydrogen (secondary N) is 1. The van der Waals surface area contributed by atoms with Gasteiger partial charge in [0.15, 0.2) is 0 Å². The molecule has 0 amide bonds. The van der Waals surface area contributed by atoms with Gasteiger partial charge >= 0.3 is 0 Å². The number of imidazole rings is 1. The molecule has 0 unspecified atom stereocenters. The molecule has 3 rings (SSSR count). The Labute approximate surface area is 88.1 Å². The molecule has 2 aromatic rings. The van der Waals surface area contributed by atoms with Gasteiger partial charge in [0.25, 0.3) is 0 Å². The van der Waals surface area contributed by atoms with Crippen molar-refractivity contribution in [3.05, 3.63) is 35.8 Å². The van der Waals surface area contributed by atoms with Crippen LogP contribution < -0.4 is 4.74 Å². The van der Waals surface area contributed by atoms with E-state index in [-0.39, 0.29) is 0 Å². The molecule has 3 nitrogen and oxygen atoms in total. The Kier molecular flexibility index (Phi) is 1.78. The molecule has 1 aromatic carbocycles. The lowest BCUT2D eigenvalue weighted by molar-refractivity contribution is 0.357. The number of aryl methyl sites for hydroxylation is 1. The normalized spacial score (nSPS) is 13.7. The Morgan fingerprint density at radius 2 is 2.33 bits per heavy atom. The summed E-state index contributed by atoms with van der Waals surface area (Å²) in [5.74, 6) is 1.97. The first kappa shape index (κ1) is 8.53. The fraction of sp³-hybridized carbons (Fsp3) is 0.250. The Balaban J connectivity index is 2.06. The second-order valence-electron chi connectivity index (χ2n) is 3.80. The van der Waals surface area contributed by atoms with Gasteiger partial charge in [0, 0.05) is 12.0 Å². The molecule has 3 heteroatoms. The average molecular weight is 200 g/mol. The van der Waals surface area contributed by atoms with E-state index in [2.05, 4.69) is 22.1 Å². The summed E-state index contributed by atoms with van der Waals surface area (Å²) in [5, 5.41) is 0. The maximum absolute atomic E-state index is 5.47. The lowest BCUT2D eigenvalue weighted by Crippen LogP contribution is -1.85. The second-order valence-corrected chi connectivity index (χ2v) is 3.80. The quantitative estimate of drug-likeness (QED) is 0.767. The first-order valence-corrected chi connectivity index (χ1v) is 5.10. The van der Waals surface area contributed by atoms with Gasteiger partial charge in [-0.3, -0.25) is 0 Å². The molecule has 1 aliphatic rings. The van der Waals surface area contributed by atoms with Crippen LogP contribution in [0.25, 0.3) is 11.3 Å². The first-order valence-electron chi connectivity index (χ1n) is 5.10. The van der Waals surface area contributed by atoms with Crippen molar-refractivity contribution in [2.45, 2.75) is 13.3 Å². The standard InChI is InChI=1S/C12H12N2O/c1-8-13-7-11(14-8)9-2-3-12-10(6-9)4-5-15-12/h2-3,6-7H,4-5H2,1H3,(H,13,14). The molecule has 0 fully saturated rings. The Bertz CT molecular complexity index is 502. The molecule has 1 aliphatic heterocycles. The van der Waals surface area contributed by atoms with E-state index in [9.17, 15) is 0 Å². The fourth-order valence-electron chi connectivity index (χ4n) is 1.92. The third kappa shape index (κ3) is 1.40. The van der Waals surface area contributed by atoms with E-state index in [1.807, 2.05) is 19.2 Å². The Hall–Kier alpha value is -1.77. The molecular formula is C12H12N2O. The molecule has 15 heavy (non-hydrogen) atoms. The first-order chi connectivity index (χ1) is 7.33. The van der Waals surface area contributed by atoms with Crippen LogP contribution in [0.3, 0.4) is 0 Å². The van der Waals surface area contributed by atoms with E-state index >= 15 is 0 Å². The zero-order valence-electron chi connectivity index (χ0n) is 8.58. The lowest BCUT2D eigenvalue weighted by Gasteiger charge is -2.01. The van der Waals surface area contributed by atoms with Crippen molar-refractivity contribution < 1.29 is 4.74 Å². The molecule has 1 aromatic heterocycles. The maximum Gasteiger partial charge on any atom is 0.122 e. The minimum Gasteiger partial charge on any atom is -0.493 e. The summed E-state index contributed by atoms with van der Waals surface area (Å²) in [4.78, 5) is 7.43. The molecule has 0 aliphatic carbocycles. The number of aromatic amines is 1. The van der Waals surface area contributed by atoms with Crippen LogP contribution in [-0.4, -0.2) is 16.6 Å². The second kappa shape index (κ2) is 3.12. The molecule has 2 heterocycles. The van der Waals surface area contributed by atoms with Crippen LogP contribution in [0.2, 0.25) is 0 Å². The largest absolute Gasteiger partial charge is 0.493 e. The highest BCUT2D eigenvalue weighted by atomic mass is 16.5. The molecule has 1 N–H and O–H groups in total. The van der Waals surface area contributed by atoms with Crippen LogP contribution in [0.15, 0.2) is 24.4 Å². The molecule has 0 atom stereocenters. The molecule has 76 valence electrons. The highest BCUT2D eigenvalue weighted by Crippen LogP contribution is 2.29. The summed E-state index contributed by atoms with van der Waals surface area (Å²) < 4.78 is 5.47. The van der Waals surface area contributed by atoms with Gasteiger partial charge in [0.2, 0.25) is 0 Å². The highest BCUT2D eigenvalue weighted by molar-refractivity contribution is 5.62. The van der Waals surface area contributed by atoms with Gasteiger partial charge in [-0.1, -0.05) is 0 Å². The van der Waals surface area contributed by atoms with Crippen molar-refractivity contribution in [2.24, 2.45) is 0 Å². The third-order valence-corrected chi connectivity index (χ3v) is 2.70. The average Bonchev–Trinajstić information content (AvgIpc) is 2.84. The van der Waals surface area contributed by atoms with Gasteiger partial charge in [0.05, 0.1) is 18.5 Å². The van der Waals surface area contributed by atoms with Crippen molar-refractivity contribution in [1.29, 1.82) is 0 Å². The van der Waals surface area contributed by atoms with E-state index in [1.165, 1.54) is 11.1 Å². The van der Waals surface area contributed by atoms with Crippen LogP contribution in [0.1, 0.15) is 11.4 Å². The summed E-state index contributed by atoms with van der Waals surface area (Å²) in [5.41, 5.74) is 3.54. The number of hydrogen-bond donors (Lipinski definition) is 1. The predicted molar refractivity (Wildman–Crippen MR) is 58.0 cm³/mol. The van der Waals surface area contributed by atoms with Crippen molar-refractivity contribution in [1.82, 2.24) is 9.97 Å². The van der Waals surface area contributed by atoms with Gasteiger partial charge in [-0.25, -0.2) is 4.98 Å². The van der Waals surface area contributed by atoms with Crippen molar-refractivity contribution >= 4 is 0 Å². The van der Waals surface area contributed by atoms with Crippen LogP contribution in [0, 0.1) is 6.92 Å². The topological polar surface area (TPSA) is 37.9 Å². The van der Waals surface area contributed by atoms with Crippen LogP contribution in [-0.2, 0) is 6.42 Å². The van der Waals surface area contributed by atoms with Gasteiger partial charge in [-0.15, -0.1) is 0 Å². The molecule has 0 bridgehead atoms. The summed E-state index contributed by atoms with van der Waals surface area (Å²) in [6.07, 6.45) is 2.88. The van der Waals surface area contributed by atoms with Crippen LogP contribution in [0.4, 0.5) is 0 Å². The highest BCUT2D eigenvalue weighted by Gasteiger charge is 2.12. The molecule has 0 radical (unpaired) electrons. The summed E-state index contributed by atoms with van der Waals surface area (Å²) in [6, 6.07) is 6.28. The molecule has 0 spiro atoms. The Morgan fingerprint density at radius 1 is 1.40 bits per heavy atom. The fourth-order valence-corrected chi connectivity index (χ4v) is 1.92. The number of benzene rings is 1. The van der Waals surface area contributed by atoms with Crippen LogP contribution >= 0.6 is 0 Å². The molecular weight excluding hydrogens is 188 g/mol. The number of H-pyrrole nitrogens is 1. The minimum absolute atomic E-state index is 0.806. The predicted octanol–water partition coefficient (Wildman–Crippen LogP) is 2.32. The summed E-state index contributed by atoms with van der Waals surface area (Å²) in [6.45, 7) is 2.76. The zero-order valence-corrected chi connectivity index (χ0v) is 8.58. The summed E-state index contributed by atoms with van der Waals surface area (Å²) in [7, 11) is 0. The van der Waals surface area contributed by atoms with E-state index < -0.39 is 0 Å². The number of hydrogen-bond acceptors (Lipinski definition) is 2. The van der Waals surface area contributed by atoms with E-state index in [0.717, 1.165) is 30.3 Å². The van der Waals surface area contributed by atoms with Gasteiger partial charge in [-0.05, 0) is 30.7 Å². The lowest BCUT2D eigenvalue weighted by atomic mass is 10.1. The number of rotatable bonds is 1. The van der Waals surface area contributed by atoms with Crippen molar-refractivity contribution in [3.8, 4) is 17.0 Å². The smallest absolute Gasteiger partial charge is 0.122 e. The monoisotopic (exact) mass is 200 g/mol. The maximum atomic E-state index is 5.47. The number of ether oxygens (including phenoxy) is 1. The van der Waals surface area contributed by atoms with Crippen LogP contribution in [0.5, 0.6) is 5.75 Å². The van der Waals surface area contributed by atoms with Crippen molar-refractivity contribution in [2.75, 3.05) is 6.61 Å². The minimum atomic E-state index is 0.806. The molecule has 0 saturated carbocycles. The zero-order chi connectivity index (χ0) is 10.3. The third-order valence-electron chi connectivity index (χ3n) is 2.70. The molecule has 0 saturated heterocycles. The van der Waals surface area contributed by atoms with Crippen molar-refractivity contribution in [3.63, 3.8) is 0 Å². The van der Waals surface area contributed by atoms with Gasteiger partial charge in [0.1, 0.15) is 11.6 Å². The number of fused-ring (bicyclic) bond motifs is 1. The van der Waals surface area contributed by atoms with Gasteiger partial charge < -0.3 is 9.72 Å². The Morgan fingerprint density at radius 3 is 3.13 bits per heavy atom. The number of nitrogens with zero attached hydrogens (tertiary/aromatic N) is 1. The van der Waals surface area contributed by atoms with E-state index in [1.54, 1.807) is 0 Å².